The maximum Gasteiger partial charge on any atom is 0.417 e. The van der Waals surface area contributed by atoms with Gasteiger partial charge in [-0.1, -0.05) is 0 Å². The van der Waals surface area contributed by atoms with Crippen LogP contribution in [0.25, 0.3) is 10.7 Å². The average molecular weight is 357 g/mol. The van der Waals surface area contributed by atoms with Crippen molar-refractivity contribution < 1.29 is 13.2 Å². The first-order valence-electron chi connectivity index (χ1n) is 3.99. The summed E-state index contributed by atoms with van der Waals surface area (Å²) in [4.78, 5) is 7.74. The van der Waals surface area contributed by atoms with Crippen LogP contribution in [0, 0.1) is 3.83 Å². The van der Waals surface area contributed by atoms with Crippen molar-refractivity contribution >= 4 is 34.1 Å². The highest BCUT2D eigenvalue weighted by Crippen LogP contribution is 2.29. The van der Waals surface area contributed by atoms with E-state index in [1.807, 2.05) is 22.6 Å². The Morgan fingerprint density at radius 3 is 2.44 bits per heavy atom. The zero-order valence-electron chi connectivity index (χ0n) is 7.49. The van der Waals surface area contributed by atoms with Crippen molar-refractivity contribution in [2.75, 3.05) is 0 Å². The Balaban J connectivity index is 2.33. The summed E-state index contributed by atoms with van der Waals surface area (Å²) in [5.41, 5.74) is -0.371. The fraction of sp³-hybridized carbons (Fsp3) is 0.125. The molecule has 0 fully saturated rings. The molecule has 8 heteroatoms. The predicted molar refractivity (Wildman–Crippen MR) is 60.9 cm³/mol. The number of aromatic nitrogens is 3. The number of alkyl halides is 3. The Morgan fingerprint density at radius 2 is 2.00 bits per heavy atom. The minimum atomic E-state index is -4.36. The Morgan fingerprint density at radius 1 is 1.25 bits per heavy atom. The molecule has 16 heavy (non-hydrogen) atoms. The number of nitrogens with zero attached hydrogens (tertiary/aromatic N) is 3. The molecule has 2 heterocycles. The zero-order chi connectivity index (χ0) is 11.8. The van der Waals surface area contributed by atoms with Crippen LogP contribution in [0.2, 0.25) is 0 Å². The van der Waals surface area contributed by atoms with Gasteiger partial charge in [0.15, 0.2) is 5.01 Å². The van der Waals surface area contributed by atoms with Crippen LogP contribution in [0.15, 0.2) is 18.3 Å². The van der Waals surface area contributed by atoms with Crippen LogP contribution in [-0.2, 0) is 6.18 Å². The zero-order valence-corrected chi connectivity index (χ0v) is 10.5. The predicted octanol–water partition coefficient (Wildman–Crippen LogP) is 3.22. The lowest BCUT2D eigenvalue weighted by molar-refractivity contribution is -0.137. The van der Waals surface area contributed by atoms with E-state index in [9.17, 15) is 13.2 Å². The molecule has 3 nitrogen and oxygen atoms in total. The van der Waals surface area contributed by atoms with Crippen LogP contribution in [-0.4, -0.2) is 14.3 Å². The standard InChI is InChI=1S/C8H3F3IN3S/c9-8(10,11)4-1-2-5(13-3-4)6-14-7(12)15-16-6/h1-3H. The van der Waals surface area contributed by atoms with Gasteiger partial charge in [0, 0.05) is 28.8 Å². The molecule has 0 aliphatic heterocycles. The third kappa shape index (κ3) is 2.48. The van der Waals surface area contributed by atoms with Gasteiger partial charge < -0.3 is 0 Å². The van der Waals surface area contributed by atoms with Crippen molar-refractivity contribution in [3.8, 4) is 10.7 Å². The van der Waals surface area contributed by atoms with Gasteiger partial charge in [0.2, 0.25) is 3.83 Å². The number of hydrogen-bond acceptors (Lipinski definition) is 4. The van der Waals surface area contributed by atoms with E-state index in [0.717, 1.165) is 23.8 Å². The molecule has 0 aliphatic rings. The fourth-order valence-corrected chi connectivity index (χ4v) is 2.24. The first kappa shape index (κ1) is 11.7. The van der Waals surface area contributed by atoms with Gasteiger partial charge in [-0.2, -0.15) is 17.5 Å². The number of halogens is 4. The van der Waals surface area contributed by atoms with E-state index < -0.39 is 11.7 Å². The van der Waals surface area contributed by atoms with E-state index in [1.165, 1.54) is 6.07 Å². The molecule has 0 radical (unpaired) electrons. The van der Waals surface area contributed by atoms with Gasteiger partial charge in [0.25, 0.3) is 0 Å². The van der Waals surface area contributed by atoms with E-state index in [0.29, 0.717) is 14.5 Å². The summed E-state index contributed by atoms with van der Waals surface area (Å²) in [6, 6.07) is 2.27. The first-order valence-corrected chi connectivity index (χ1v) is 5.85. The van der Waals surface area contributed by atoms with Gasteiger partial charge in [-0.05, 0) is 23.7 Å². The van der Waals surface area contributed by atoms with Crippen LogP contribution < -0.4 is 0 Å². The molecule has 0 atom stereocenters. The molecule has 0 aliphatic carbocycles. The lowest BCUT2D eigenvalue weighted by atomic mass is 10.2. The third-order valence-corrected chi connectivity index (χ3v) is 3.26. The third-order valence-electron chi connectivity index (χ3n) is 1.71. The van der Waals surface area contributed by atoms with E-state index in [4.69, 9.17) is 0 Å². The van der Waals surface area contributed by atoms with Crippen molar-refractivity contribution in [1.29, 1.82) is 0 Å². The second-order valence-electron chi connectivity index (χ2n) is 2.80. The minimum Gasteiger partial charge on any atom is -0.253 e. The largest absolute Gasteiger partial charge is 0.417 e. The number of rotatable bonds is 1. The van der Waals surface area contributed by atoms with Gasteiger partial charge in [-0.15, -0.1) is 0 Å². The van der Waals surface area contributed by atoms with Gasteiger partial charge in [0.1, 0.15) is 5.69 Å². The van der Waals surface area contributed by atoms with Crippen LogP contribution >= 0.6 is 34.1 Å². The summed E-state index contributed by atoms with van der Waals surface area (Å²) in [5, 5.41) is 0.512. The summed E-state index contributed by atoms with van der Waals surface area (Å²) < 4.78 is 41.3. The number of pyridine rings is 1. The molecule has 0 bridgehead atoms. The van der Waals surface area contributed by atoms with Gasteiger partial charge in [-0.3, -0.25) is 4.98 Å². The highest BCUT2D eigenvalue weighted by Gasteiger charge is 2.30. The van der Waals surface area contributed by atoms with Crippen molar-refractivity contribution in [2.45, 2.75) is 6.18 Å². The highest BCUT2D eigenvalue weighted by atomic mass is 127. The normalized spacial score (nSPS) is 11.8. The van der Waals surface area contributed by atoms with Crippen LogP contribution in [0.1, 0.15) is 5.56 Å². The van der Waals surface area contributed by atoms with E-state index in [-0.39, 0.29) is 0 Å². The molecular weight excluding hydrogens is 354 g/mol. The highest BCUT2D eigenvalue weighted by molar-refractivity contribution is 14.1. The molecular formula is C8H3F3IN3S. The summed E-state index contributed by atoms with van der Waals surface area (Å²) in [6.45, 7) is 0. The molecule has 0 saturated heterocycles. The molecule has 0 aromatic carbocycles. The molecule has 0 N–H and O–H groups in total. The Hall–Kier alpha value is -0.770. The summed E-state index contributed by atoms with van der Waals surface area (Å²) >= 11 is 3.03. The Kier molecular flexibility index (Phi) is 3.10. The van der Waals surface area contributed by atoms with E-state index >= 15 is 0 Å². The smallest absolute Gasteiger partial charge is 0.253 e. The maximum absolute atomic E-state index is 12.3. The molecule has 84 valence electrons. The second kappa shape index (κ2) is 4.24. The quantitative estimate of drug-likeness (QED) is 0.736. The lowest BCUT2D eigenvalue weighted by Gasteiger charge is -2.05. The summed E-state index contributed by atoms with van der Waals surface area (Å²) in [6.07, 6.45) is -3.56. The van der Waals surface area contributed by atoms with E-state index in [1.54, 1.807) is 0 Å². The van der Waals surface area contributed by atoms with Gasteiger partial charge in [0.05, 0.1) is 5.56 Å². The molecule has 0 spiro atoms. The minimum absolute atomic E-state index is 0.397. The Labute approximate surface area is 106 Å². The van der Waals surface area contributed by atoms with Gasteiger partial charge in [-0.25, -0.2) is 4.98 Å². The molecule has 0 saturated carbocycles. The summed E-state index contributed by atoms with van der Waals surface area (Å²) in [5.74, 6) is 0. The van der Waals surface area contributed by atoms with Crippen LogP contribution in [0.4, 0.5) is 13.2 Å². The topological polar surface area (TPSA) is 38.7 Å². The second-order valence-corrected chi connectivity index (χ2v) is 4.52. The SMILES string of the molecule is FC(F)(F)c1ccc(-c2nc(I)ns2)nc1. The van der Waals surface area contributed by atoms with Gasteiger partial charge >= 0.3 is 6.18 Å². The molecule has 0 amide bonds. The van der Waals surface area contributed by atoms with Crippen LogP contribution in [0.3, 0.4) is 0 Å². The van der Waals surface area contributed by atoms with Crippen LogP contribution in [0.5, 0.6) is 0 Å². The van der Waals surface area contributed by atoms with Crippen molar-refractivity contribution in [3.05, 3.63) is 27.7 Å². The maximum atomic E-state index is 12.3. The fourth-order valence-electron chi connectivity index (χ4n) is 0.998. The first-order chi connectivity index (χ1) is 7.47. The molecule has 2 aromatic rings. The number of hydrogen-bond donors (Lipinski definition) is 0. The Bertz CT molecular complexity index is 494. The lowest BCUT2D eigenvalue weighted by Crippen LogP contribution is -2.05. The van der Waals surface area contributed by atoms with Crippen molar-refractivity contribution in [2.24, 2.45) is 0 Å². The molecule has 2 aromatic heterocycles. The van der Waals surface area contributed by atoms with E-state index in [2.05, 4.69) is 14.3 Å². The molecule has 2 rings (SSSR count). The monoisotopic (exact) mass is 357 g/mol. The molecule has 0 unspecified atom stereocenters. The summed E-state index contributed by atoms with van der Waals surface area (Å²) in [7, 11) is 0. The van der Waals surface area contributed by atoms with Crippen molar-refractivity contribution in [3.63, 3.8) is 0 Å². The van der Waals surface area contributed by atoms with Crippen molar-refractivity contribution in [1.82, 2.24) is 14.3 Å². The average Bonchev–Trinajstić information content (AvgIpc) is 2.64.